The molecule has 2 nitrogen and oxygen atoms in total. The van der Waals surface area contributed by atoms with Crippen LogP contribution >= 0.6 is 0 Å². The number of aryl methyl sites for hydroxylation is 1. The number of rotatable bonds is 7. The monoisotopic (exact) mass is 455 g/mol. The van der Waals surface area contributed by atoms with Crippen LogP contribution in [-0.4, -0.2) is 37.8 Å². The predicted molar refractivity (Wildman–Crippen MR) is 129 cm³/mol. The third kappa shape index (κ3) is 5.19. The number of benzene rings is 3. The number of halogens is 3. The van der Waals surface area contributed by atoms with Crippen LogP contribution in [0.25, 0.3) is 21.9 Å². The number of nitrogens with zero attached hydrogens (tertiary/aromatic N) is 1. The first kappa shape index (κ1) is 23.6. The van der Waals surface area contributed by atoms with E-state index in [4.69, 9.17) is 4.74 Å². The zero-order chi connectivity index (χ0) is 23.4. The fourth-order valence-electron chi connectivity index (χ4n) is 5.15. The third-order valence-electron chi connectivity index (χ3n) is 6.80. The van der Waals surface area contributed by atoms with Crippen molar-refractivity contribution in [1.29, 1.82) is 0 Å². The maximum atomic E-state index is 13.3. The molecule has 1 unspecified atom stereocenters. The van der Waals surface area contributed by atoms with Crippen molar-refractivity contribution in [2.75, 3.05) is 26.7 Å². The van der Waals surface area contributed by atoms with E-state index < -0.39 is 12.1 Å². The molecule has 0 saturated carbocycles. The van der Waals surface area contributed by atoms with Crippen LogP contribution in [0.3, 0.4) is 0 Å². The molecule has 0 bridgehead atoms. The molecule has 0 amide bonds. The highest BCUT2D eigenvalue weighted by Gasteiger charge is 2.41. The number of methoxy groups -OCH3 is 1. The standard InChI is InChI=1S/C28H32F3NO/c1-3-8-20-9-4-13-24-23(20)12-6-14-25(24)27-21(10-5-15-26(27)33-2)16-18-32-17-7-11-22(19-32)28(29,30)31/h4-6,9-10,12-15,22H,3,7-8,11,16-19H2,1-2H3. The molecule has 0 aliphatic carbocycles. The van der Waals surface area contributed by atoms with Crippen LogP contribution < -0.4 is 4.74 Å². The van der Waals surface area contributed by atoms with E-state index in [1.807, 2.05) is 17.0 Å². The molecule has 33 heavy (non-hydrogen) atoms. The van der Waals surface area contributed by atoms with E-state index in [1.54, 1.807) is 7.11 Å². The second-order valence-electron chi connectivity index (χ2n) is 8.99. The summed E-state index contributed by atoms with van der Waals surface area (Å²) in [5.41, 5.74) is 4.60. The van der Waals surface area contributed by atoms with Crippen LogP contribution in [0.5, 0.6) is 5.75 Å². The highest BCUT2D eigenvalue weighted by molar-refractivity contribution is 6.00. The SMILES string of the molecule is CCCc1cccc2c(-c3c(CCN4CCCC(C(F)(F)F)C4)cccc3OC)cccc12. The van der Waals surface area contributed by atoms with Gasteiger partial charge in [0.2, 0.25) is 0 Å². The van der Waals surface area contributed by atoms with Gasteiger partial charge < -0.3 is 9.64 Å². The Morgan fingerprint density at radius 1 is 0.939 bits per heavy atom. The molecular formula is C28H32F3NO. The molecule has 3 aromatic rings. The molecule has 1 atom stereocenters. The molecule has 0 N–H and O–H groups in total. The van der Waals surface area contributed by atoms with Gasteiger partial charge in [0.05, 0.1) is 13.0 Å². The smallest absolute Gasteiger partial charge is 0.393 e. The lowest BCUT2D eigenvalue weighted by Gasteiger charge is -2.33. The second-order valence-corrected chi connectivity index (χ2v) is 8.99. The van der Waals surface area contributed by atoms with Crippen molar-refractivity contribution in [2.45, 2.75) is 45.2 Å². The summed E-state index contributed by atoms with van der Waals surface area (Å²) in [5, 5.41) is 2.43. The van der Waals surface area contributed by atoms with Crippen molar-refractivity contribution < 1.29 is 17.9 Å². The largest absolute Gasteiger partial charge is 0.496 e. The normalized spacial score (nSPS) is 17.4. The summed E-state index contributed by atoms with van der Waals surface area (Å²) in [6.45, 7) is 3.61. The number of hydrogen-bond donors (Lipinski definition) is 0. The summed E-state index contributed by atoms with van der Waals surface area (Å²) in [6, 6.07) is 18.9. The van der Waals surface area contributed by atoms with Gasteiger partial charge in [-0.3, -0.25) is 0 Å². The lowest BCUT2D eigenvalue weighted by Crippen LogP contribution is -2.42. The molecular weight excluding hydrogens is 423 g/mol. The Bertz CT molecular complexity index is 1090. The molecule has 1 aliphatic rings. The third-order valence-corrected chi connectivity index (χ3v) is 6.80. The Labute approximate surface area is 194 Å². The Balaban J connectivity index is 1.67. The van der Waals surface area contributed by atoms with Gasteiger partial charge >= 0.3 is 6.18 Å². The highest BCUT2D eigenvalue weighted by atomic mass is 19.4. The van der Waals surface area contributed by atoms with Crippen LogP contribution in [0, 0.1) is 5.92 Å². The number of likely N-dealkylation sites (tertiary alicyclic amines) is 1. The first-order chi connectivity index (χ1) is 15.9. The molecule has 0 spiro atoms. The molecule has 0 aromatic heterocycles. The first-order valence-electron chi connectivity index (χ1n) is 11.9. The fourth-order valence-corrected chi connectivity index (χ4v) is 5.15. The molecule has 4 rings (SSSR count). The van der Waals surface area contributed by atoms with Crippen LogP contribution in [0.4, 0.5) is 13.2 Å². The Morgan fingerprint density at radius 2 is 1.67 bits per heavy atom. The van der Waals surface area contributed by atoms with Crippen molar-refractivity contribution in [1.82, 2.24) is 4.90 Å². The van der Waals surface area contributed by atoms with Crippen LogP contribution in [0.15, 0.2) is 54.6 Å². The quantitative estimate of drug-likeness (QED) is 0.371. The van der Waals surface area contributed by atoms with Gasteiger partial charge in [0.1, 0.15) is 5.75 Å². The summed E-state index contributed by atoms with van der Waals surface area (Å²) < 4.78 is 45.5. The van der Waals surface area contributed by atoms with E-state index >= 15 is 0 Å². The van der Waals surface area contributed by atoms with Crippen molar-refractivity contribution in [3.8, 4) is 16.9 Å². The first-order valence-corrected chi connectivity index (χ1v) is 11.9. The maximum Gasteiger partial charge on any atom is 0.393 e. The molecule has 0 radical (unpaired) electrons. The summed E-state index contributed by atoms with van der Waals surface area (Å²) in [4.78, 5) is 1.97. The van der Waals surface area contributed by atoms with Gasteiger partial charge in [-0.05, 0) is 65.8 Å². The topological polar surface area (TPSA) is 12.5 Å². The average Bonchev–Trinajstić information content (AvgIpc) is 2.82. The van der Waals surface area contributed by atoms with Crippen molar-refractivity contribution in [3.05, 3.63) is 65.7 Å². The van der Waals surface area contributed by atoms with Crippen LogP contribution in [-0.2, 0) is 12.8 Å². The number of alkyl halides is 3. The Morgan fingerprint density at radius 3 is 2.42 bits per heavy atom. The van der Waals surface area contributed by atoms with Gasteiger partial charge in [-0.2, -0.15) is 13.2 Å². The number of piperidine rings is 1. The van der Waals surface area contributed by atoms with Crippen molar-refractivity contribution in [3.63, 3.8) is 0 Å². The van der Waals surface area contributed by atoms with Gasteiger partial charge in [-0.25, -0.2) is 0 Å². The molecule has 1 aliphatic heterocycles. The molecule has 1 heterocycles. The summed E-state index contributed by atoms with van der Waals surface area (Å²) in [7, 11) is 1.68. The van der Waals surface area contributed by atoms with Gasteiger partial charge in [0.25, 0.3) is 0 Å². The van der Waals surface area contributed by atoms with E-state index in [9.17, 15) is 13.2 Å². The number of fused-ring (bicyclic) bond motifs is 1. The highest BCUT2D eigenvalue weighted by Crippen LogP contribution is 2.39. The number of ether oxygens (including phenoxy) is 1. The van der Waals surface area contributed by atoms with E-state index in [0.29, 0.717) is 19.4 Å². The maximum absolute atomic E-state index is 13.3. The second kappa shape index (κ2) is 10.2. The van der Waals surface area contributed by atoms with Crippen molar-refractivity contribution >= 4 is 10.8 Å². The fraction of sp³-hybridized carbons (Fsp3) is 0.429. The molecule has 3 aromatic carbocycles. The number of hydrogen-bond acceptors (Lipinski definition) is 2. The van der Waals surface area contributed by atoms with Gasteiger partial charge in [-0.1, -0.05) is 61.9 Å². The van der Waals surface area contributed by atoms with Crippen molar-refractivity contribution in [2.24, 2.45) is 5.92 Å². The van der Waals surface area contributed by atoms with E-state index in [-0.39, 0.29) is 13.0 Å². The zero-order valence-electron chi connectivity index (χ0n) is 19.4. The minimum atomic E-state index is -4.11. The Hall–Kier alpha value is -2.53. The summed E-state index contributed by atoms with van der Waals surface area (Å²) in [6.07, 6.45) is -0.493. The molecule has 1 saturated heterocycles. The van der Waals surface area contributed by atoms with E-state index in [1.165, 1.54) is 16.3 Å². The predicted octanol–water partition coefficient (Wildman–Crippen LogP) is 7.28. The zero-order valence-corrected chi connectivity index (χ0v) is 19.4. The van der Waals surface area contributed by atoms with Gasteiger partial charge in [0.15, 0.2) is 0 Å². The minimum Gasteiger partial charge on any atom is -0.496 e. The average molecular weight is 456 g/mol. The van der Waals surface area contributed by atoms with Crippen LogP contribution in [0.1, 0.15) is 37.3 Å². The molecule has 176 valence electrons. The van der Waals surface area contributed by atoms with E-state index in [0.717, 1.165) is 41.8 Å². The van der Waals surface area contributed by atoms with Crippen LogP contribution in [0.2, 0.25) is 0 Å². The van der Waals surface area contributed by atoms with Gasteiger partial charge in [-0.15, -0.1) is 0 Å². The summed E-state index contributed by atoms with van der Waals surface area (Å²) in [5.74, 6) is -0.418. The lowest BCUT2D eigenvalue weighted by atomic mass is 9.90. The summed E-state index contributed by atoms with van der Waals surface area (Å²) >= 11 is 0. The Kier molecular flexibility index (Phi) is 7.28. The molecule has 5 heteroatoms. The lowest BCUT2D eigenvalue weighted by molar-refractivity contribution is -0.186. The molecule has 1 fully saturated rings. The van der Waals surface area contributed by atoms with Gasteiger partial charge in [0, 0.05) is 18.7 Å². The van der Waals surface area contributed by atoms with E-state index in [2.05, 4.69) is 49.4 Å². The minimum absolute atomic E-state index is 0.0947.